The van der Waals surface area contributed by atoms with Crippen molar-refractivity contribution in [2.24, 2.45) is 5.41 Å². The zero-order valence-electron chi connectivity index (χ0n) is 11.0. The van der Waals surface area contributed by atoms with Crippen molar-refractivity contribution < 1.29 is 23.1 Å². The number of carbonyl (C=O) groups is 1. The van der Waals surface area contributed by atoms with Crippen molar-refractivity contribution in [3.8, 4) is 0 Å². The molecule has 6 nitrogen and oxygen atoms in total. The average Bonchev–Trinajstić information content (AvgIpc) is 2.26. The predicted molar refractivity (Wildman–Crippen MR) is 66.4 cm³/mol. The molecule has 0 bridgehead atoms. The van der Waals surface area contributed by atoms with Crippen LogP contribution in [0.25, 0.3) is 0 Å². The van der Waals surface area contributed by atoms with Crippen LogP contribution in [0.1, 0.15) is 33.6 Å². The molecule has 0 saturated heterocycles. The van der Waals surface area contributed by atoms with Crippen LogP contribution in [0.15, 0.2) is 0 Å². The zero-order valence-corrected chi connectivity index (χ0v) is 11.8. The summed E-state index contributed by atoms with van der Waals surface area (Å²) in [6.07, 6.45) is -0.236. The topological polar surface area (TPSA) is 92.7 Å². The van der Waals surface area contributed by atoms with Crippen LogP contribution in [-0.4, -0.2) is 44.0 Å². The maximum Gasteiger partial charge on any atom is 0.306 e. The summed E-state index contributed by atoms with van der Waals surface area (Å²) in [7, 11) is -3.51. The Balaban J connectivity index is 2.44. The summed E-state index contributed by atoms with van der Waals surface area (Å²) < 4.78 is 30.7. The Morgan fingerprint density at radius 1 is 1.50 bits per heavy atom. The minimum Gasteiger partial charge on any atom is -0.466 e. The normalized spacial score (nSPS) is 26.4. The average molecular weight is 279 g/mol. The molecule has 7 heteroatoms. The monoisotopic (exact) mass is 279 g/mol. The van der Waals surface area contributed by atoms with Crippen molar-refractivity contribution in [1.29, 1.82) is 0 Å². The van der Waals surface area contributed by atoms with E-state index in [9.17, 15) is 18.3 Å². The van der Waals surface area contributed by atoms with E-state index in [0.29, 0.717) is 6.42 Å². The number of rotatable bonds is 6. The largest absolute Gasteiger partial charge is 0.466 e. The Morgan fingerprint density at radius 3 is 2.56 bits per heavy atom. The lowest BCUT2D eigenvalue weighted by Crippen LogP contribution is -2.61. The summed E-state index contributed by atoms with van der Waals surface area (Å²) >= 11 is 0. The standard InChI is InChI=1S/C11H21NO5S/c1-4-17-10(14)5-6-18(15,16)12-8-7-9(13)11(8,2)3/h8-9,12-13H,4-7H2,1-3H3. The van der Waals surface area contributed by atoms with E-state index in [-0.39, 0.29) is 24.8 Å². The van der Waals surface area contributed by atoms with Gasteiger partial charge in [-0.25, -0.2) is 13.1 Å². The molecule has 1 saturated carbocycles. The van der Waals surface area contributed by atoms with Crippen molar-refractivity contribution in [2.75, 3.05) is 12.4 Å². The van der Waals surface area contributed by atoms with Crippen molar-refractivity contribution in [2.45, 2.75) is 45.8 Å². The van der Waals surface area contributed by atoms with Crippen molar-refractivity contribution >= 4 is 16.0 Å². The van der Waals surface area contributed by atoms with Gasteiger partial charge in [-0.2, -0.15) is 0 Å². The molecule has 0 aliphatic heterocycles. The Labute approximate surface area is 108 Å². The smallest absolute Gasteiger partial charge is 0.306 e. The Bertz CT molecular complexity index is 404. The van der Waals surface area contributed by atoms with Gasteiger partial charge in [0.05, 0.1) is 24.9 Å². The number of aliphatic hydroxyl groups is 1. The summed E-state index contributed by atoms with van der Waals surface area (Å²) in [6, 6.07) is -0.278. The van der Waals surface area contributed by atoms with E-state index in [1.54, 1.807) is 20.8 Å². The van der Waals surface area contributed by atoms with Gasteiger partial charge in [-0.1, -0.05) is 13.8 Å². The first-order chi connectivity index (χ1) is 8.19. The molecule has 1 fully saturated rings. The molecule has 0 aromatic rings. The number of hydrogen-bond acceptors (Lipinski definition) is 5. The maximum absolute atomic E-state index is 11.7. The van der Waals surface area contributed by atoms with Crippen LogP contribution >= 0.6 is 0 Å². The fourth-order valence-electron chi connectivity index (χ4n) is 1.83. The minimum atomic E-state index is -3.51. The van der Waals surface area contributed by atoms with Gasteiger partial charge in [-0.05, 0) is 13.3 Å². The number of ether oxygens (including phenoxy) is 1. The van der Waals surface area contributed by atoms with Crippen LogP contribution < -0.4 is 4.72 Å². The van der Waals surface area contributed by atoms with E-state index in [4.69, 9.17) is 0 Å². The van der Waals surface area contributed by atoms with E-state index in [1.165, 1.54) is 0 Å². The molecule has 18 heavy (non-hydrogen) atoms. The molecule has 0 aromatic carbocycles. The highest BCUT2D eigenvalue weighted by Gasteiger charge is 2.48. The van der Waals surface area contributed by atoms with Gasteiger partial charge in [0, 0.05) is 11.5 Å². The summed E-state index contributed by atoms with van der Waals surface area (Å²) in [5, 5.41) is 9.52. The van der Waals surface area contributed by atoms with Crippen molar-refractivity contribution in [3.63, 3.8) is 0 Å². The summed E-state index contributed by atoms with van der Waals surface area (Å²) in [6.45, 7) is 5.52. The van der Waals surface area contributed by atoms with Gasteiger partial charge in [-0.15, -0.1) is 0 Å². The first-order valence-corrected chi connectivity index (χ1v) is 7.68. The molecule has 2 N–H and O–H groups in total. The fourth-order valence-corrected chi connectivity index (χ4v) is 3.22. The maximum atomic E-state index is 11.7. The fraction of sp³-hybridized carbons (Fsp3) is 0.909. The second-order valence-corrected chi connectivity index (χ2v) is 6.99. The first-order valence-electron chi connectivity index (χ1n) is 6.02. The highest BCUT2D eigenvalue weighted by Crippen LogP contribution is 2.40. The molecule has 106 valence electrons. The third kappa shape index (κ3) is 3.66. The summed E-state index contributed by atoms with van der Waals surface area (Å²) in [5.74, 6) is -0.801. The molecule has 0 spiro atoms. The Morgan fingerprint density at radius 2 is 2.11 bits per heavy atom. The molecule has 0 aromatic heterocycles. The second kappa shape index (κ2) is 5.54. The zero-order chi connectivity index (χ0) is 14.0. The van der Waals surface area contributed by atoms with E-state index in [1.807, 2.05) is 0 Å². The number of aliphatic hydroxyl groups excluding tert-OH is 1. The predicted octanol–water partition coefficient (Wildman–Crippen LogP) is 0.0184. The van der Waals surface area contributed by atoms with Crippen molar-refractivity contribution in [1.82, 2.24) is 4.72 Å². The van der Waals surface area contributed by atoms with Crippen LogP contribution in [0, 0.1) is 5.41 Å². The SMILES string of the molecule is CCOC(=O)CCS(=O)(=O)NC1CC(O)C1(C)C. The molecule has 1 aliphatic carbocycles. The lowest BCUT2D eigenvalue weighted by molar-refractivity contribution is -0.142. The molecule has 0 amide bonds. The highest BCUT2D eigenvalue weighted by molar-refractivity contribution is 7.89. The van der Waals surface area contributed by atoms with E-state index >= 15 is 0 Å². The third-order valence-electron chi connectivity index (χ3n) is 3.42. The lowest BCUT2D eigenvalue weighted by atomic mass is 9.65. The molecule has 2 atom stereocenters. The van der Waals surface area contributed by atoms with Gasteiger partial charge in [0.1, 0.15) is 0 Å². The quantitative estimate of drug-likeness (QED) is 0.669. The van der Waals surface area contributed by atoms with E-state index in [2.05, 4.69) is 9.46 Å². The third-order valence-corrected chi connectivity index (χ3v) is 4.80. The van der Waals surface area contributed by atoms with Crippen LogP contribution in [0.2, 0.25) is 0 Å². The first kappa shape index (κ1) is 15.4. The van der Waals surface area contributed by atoms with E-state index in [0.717, 1.165) is 0 Å². The van der Waals surface area contributed by atoms with Gasteiger partial charge in [-0.3, -0.25) is 4.79 Å². The van der Waals surface area contributed by atoms with Crippen LogP contribution in [0.4, 0.5) is 0 Å². The molecule has 0 radical (unpaired) electrons. The van der Waals surface area contributed by atoms with Gasteiger partial charge in [0.25, 0.3) is 0 Å². The molecule has 1 rings (SSSR count). The number of nitrogens with one attached hydrogen (secondary N) is 1. The van der Waals surface area contributed by atoms with Gasteiger partial charge < -0.3 is 9.84 Å². The summed E-state index contributed by atoms with van der Waals surface area (Å²) in [4.78, 5) is 11.1. The number of esters is 1. The summed E-state index contributed by atoms with van der Waals surface area (Å²) in [5.41, 5.74) is -0.461. The molecule has 1 aliphatic rings. The number of hydrogen-bond donors (Lipinski definition) is 2. The van der Waals surface area contributed by atoms with Gasteiger partial charge >= 0.3 is 5.97 Å². The molecule has 2 unspecified atom stereocenters. The van der Waals surface area contributed by atoms with Gasteiger partial charge in [0.15, 0.2) is 0 Å². The molecular weight excluding hydrogens is 258 g/mol. The second-order valence-electron chi connectivity index (χ2n) is 5.12. The number of sulfonamides is 1. The van der Waals surface area contributed by atoms with Gasteiger partial charge in [0.2, 0.25) is 10.0 Å². The molecule has 0 heterocycles. The highest BCUT2D eigenvalue weighted by atomic mass is 32.2. The van der Waals surface area contributed by atoms with E-state index < -0.39 is 27.5 Å². The van der Waals surface area contributed by atoms with Crippen LogP contribution in [0.3, 0.4) is 0 Å². The number of carbonyl (C=O) groups excluding carboxylic acids is 1. The minimum absolute atomic E-state index is 0.154. The van der Waals surface area contributed by atoms with Crippen molar-refractivity contribution in [3.05, 3.63) is 0 Å². The molecular formula is C11H21NO5S. The van der Waals surface area contributed by atoms with Crippen LogP contribution in [-0.2, 0) is 19.6 Å². The Kier molecular flexibility index (Phi) is 4.74. The van der Waals surface area contributed by atoms with Crippen LogP contribution in [0.5, 0.6) is 0 Å². The Hall–Kier alpha value is -0.660. The lowest BCUT2D eigenvalue weighted by Gasteiger charge is -2.49.